The van der Waals surface area contributed by atoms with Crippen LogP contribution < -0.4 is 5.32 Å². The highest BCUT2D eigenvalue weighted by Crippen LogP contribution is 2.23. The van der Waals surface area contributed by atoms with Gasteiger partial charge in [0.25, 0.3) is 0 Å². The molecule has 2 N–H and O–H groups in total. The molecule has 0 fully saturated rings. The average molecular weight is 254 g/mol. The van der Waals surface area contributed by atoms with Crippen LogP contribution in [0.2, 0.25) is 0 Å². The highest BCUT2D eigenvalue weighted by atomic mass is 32.2. The number of thioether (sulfide) groups is 1. The van der Waals surface area contributed by atoms with Crippen molar-refractivity contribution in [2.24, 2.45) is 0 Å². The van der Waals surface area contributed by atoms with Crippen molar-refractivity contribution in [2.45, 2.75) is 50.1 Å². The van der Waals surface area contributed by atoms with Crippen LogP contribution in [0.15, 0.2) is 23.4 Å². The lowest BCUT2D eigenvalue weighted by molar-refractivity contribution is 0.196. The number of nitrogens with one attached hydrogen (secondary N) is 1. The van der Waals surface area contributed by atoms with E-state index in [1.807, 2.05) is 19.2 Å². The second-order valence-electron chi connectivity index (χ2n) is 4.25. The molecule has 3 nitrogen and oxygen atoms in total. The van der Waals surface area contributed by atoms with Crippen molar-refractivity contribution in [2.75, 3.05) is 6.54 Å². The summed E-state index contributed by atoms with van der Waals surface area (Å²) < 4.78 is 0. The van der Waals surface area contributed by atoms with Gasteiger partial charge in [-0.1, -0.05) is 19.9 Å². The summed E-state index contributed by atoms with van der Waals surface area (Å²) in [5.74, 6) is 0. The van der Waals surface area contributed by atoms with Gasteiger partial charge in [-0.3, -0.25) is 0 Å². The number of hydrogen-bond donors (Lipinski definition) is 2. The molecular weight excluding hydrogens is 232 g/mol. The van der Waals surface area contributed by atoms with E-state index in [0.29, 0.717) is 0 Å². The molecule has 0 aliphatic heterocycles. The first-order valence-corrected chi connectivity index (χ1v) is 7.01. The molecule has 0 amide bonds. The van der Waals surface area contributed by atoms with Crippen molar-refractivity contribution in [3.63, 3.8) is 0 Å². The van der Waals surface area contributed by atoms with E-state index in [0.717, 1.165) is 24.5 Å². The molecule has 0 spiro atoms. The predicted octanol–water partition coefficient (Wildman–Crippen LogP) is 2.44. The molecule has 1 heterocycles. The van der Waals surface area contributed by atoms with E-state index < -0.39 is 0 Å². The van der Waals surface area contributed by atoms with Crippen molar-refractivity contribution in [3.05, 3.63) is 23.9 Å². The summed E-state index contributed by atoms with van der Waals surface area (Å²) >= 11 is 1.61. The summed E-state index contributed by atoms with van der Waals surface area (Å²) in [5, 5.41) is 13.9. The molecule has 1 rings (SSSR count). The molecule has 2 atom stereocenters. The highest BCUT2D eigenvalue weighted by molar-refractivity contribution is 7.99. The summed E-state index contributed by atoms with van der Waals surface area (Å²) in [6.07, 6.45) is 2.74. The number of aliphatic hydroxyl groups excluding tert-OH is 1. The number of rotatable bonds is 7. The molecule has 2 unspecified atom stereocenters. The molecule has 0 radical (unpaired) electrons. The maximum absolute atomic E-state index is 9.42. The summed E-state index contributed by atoms with van der Waals surface area (Å²) in [7, 11) is 0. The summed E-state index contributed by atoms with van der Waals surface area (Å²) in [6.45, 7) is 7.88. The fourth-order valence-corrected chi connectivity index (χ4v) is 2.12. The van der Waals surface area contributed by atoms with Crippen LogP contribution in [-0.4, -0.2) is 28.0 Å². The Kier molecular flexibility index (Phi) is 6.55. The van der Waals surface area contributed by atoms with Crippen molar-refractivity contribution >= 4 is 11.8 Å². The van der Waals surface area contributed by atoms with Crippen LogP contribution in [-0.2, 0) is 6.54 Å². The fraction of sp³-hybridized carbons (Fsp3) is 0.615. The Labute approximate surface area is 108 Å². The minimum atomic E-state index is -0.312. The highest BCUT2D eigenvalue weighted by Gasteiger charge is 2.10. The second kappa shape index (κ2) is 7.69. The third-order valence-electron chi connectivity index (χ3n) is 2.54. The molecule has 0 aromatic carbocycles. The van der Waals surface area contributed by atoms with Gasteiger partial charge in [0.2, 0.25) is 0 Å². The van der Waals surface area contributed by atoms with Crippen LogP contribution in [0.5, 0.6) is 0 Å². The van der Waals surface area contributed by atoms with E-state index in [4.69, 9.17) is 0 Å². The lowest BCUT2D eigenvalue weighted by Gasteiger charge is -2.13. The largest absolute Gasteiger partial charge is 0.392 e. The Bertz CT molecular complexity index is 314. The zero-order valence-electron chi connectivity index (χ0n) is 10.8. The number of nitrogens with zero attached hydrogens (tertiary/aromatic N) is 1. The van der Waals surface area contributed by atoms with Crippen molar-refractivity contribution in [1.29, 1.82) is 0 Å². The predicted molar refractivity (Wildman–Crippen MR) is 73.2 cm³/mol. The smallest absolute Gasteiger partial charge is 0.0963 e. The lowest BCUT2D eigenvalue weighted by atomic mass is 10.3. The average Bonchev–Trinajstić information content (AvgIpc) is 2.31. The molecule has 0 saturated carbocycles. The molecule has 96 valence electrons. The minimum absolute atomic E-state index is 0.173. The van der Waals surface area contributed by atoms with Gasteiger partial charge in [0.1, 0.15) is 0 Å². The van der Waals surface area contributed by atoms with Gasteiger partial charge >= 0.3 is 0 Å². The normalized spacial score (nSPS) is 14.6. The third-order valence-corrected chi connectivity index (χ3v) is 3.79. The molecule has 4 heteroatoms. The fourth-order valence-electron chi connectivity index (χ4n) is 1.28. The lowest BCUT2D eigenvalue weighted by Crippen LogP contribution is -2.15. The number of aromatic nitrogens is 1. The molecular formula is C13H22N2OS. The monoisotopic (exact) mass is 254 g/mol. The quantitative estimate of drug-likeness (QED) is 0.579. The molecule has 0 aliphatic rings. The van der Waals surface area contributed by atoms with Crippen LogP contribution in [0.25, 0.3) is 0 Å². The van der Waals surface area contributed by atoms with E-state index in [1.165, 1.54) is 5.56 Å². The Hall–Kier alpha value is -0.580. The maximum Gasteiger partial charge on any atom is 0.0963 e. The van der Waals surface area contributed by atoms with E-state index in [9.17, 15) is 5.11 Å². The van der Waals surface area contributed by atoms with Gasteiger partial charge in [0.05, 0.1) is 11.1 Å². The molecule has 17 heavy (non-hydrogen) atoms. The zero-order valence-corrected chi connectivity index (χ0v) is 11.6. The second-order valence-corrected chi connectivity index (χ2v) is 5.64. The molecule has 0 bridgehead atoms. The molecule has 0 saturated heterocycles. The van der Waals surface area contributed by atoms with E-state index in [1.54, 1.807) is 18.7 Å². The summed E-state index contributed by atoms with van der Waals surface area (Å²) in [6, 6.07) is 4.11. The van der Waals surface area contributed by atoms with E-state index in [-0.39, 0.29) is 11.4 Å². The van der Waals surface area contributed by atoms with Crippen LogP contribution in [0, 0.1) is 0 Å². The van der Waals surface area contributed by atoms with E-state index >= 15 is 0 Å². The van der Waals surface area contributed by atoms with Gasteiger partial charge in [0, 0.05) is 18.0 Å². The first kappa shape index (κ1) is 14.5. The molecule has 0 aliphatic carbocycles. The van der Waals surface area contributed by atoms with Gasteiger partial charge in [-0.2, -0.15) is 0 Å². The Morgan fingerprint density at radius 2 is 2.18 bits per heavy atom. The summed E-state index contributed by atoms with van der Waals surface area (Å²) in [5.41, 5.74) is 1.20. The van der Waals surface area contributed by atoms with Gasteiger partial charge < -0.3 is 10.4 Å². The van der Waals surface area contributed by atoms with Crippen LogP contribution in [0.3, 0.4) is 0 Å². The number of hydrogen-bond acceptors (Lipinski definition) is 4. The zero-order chi connectivity index (χ0) is 12.7. The summed E-state index contributed by atoms with van der Waals surface area (Å²) in [4.78, 5) is 4.39. The van der Waals surface area contributed by atoms with Gasteiger partial charge in [0.15, 0.2) is 0 Å². The Morgan fingerprint density at radius 1 is 1.41 bits per heavy atom. The van der Waals surface area contributed by atoms with Gasteiger partial charge in [-0.25, -0.2) is 4.98 Å². The SMILES string of the molecule is CCCNCc1ccc(SC(C)C(C)O)nc1. The minimum Gasteiger partial charge on any atom is -0.392 e. The molecule has 1 aromatic rings. The number of pyridine rings is 1. The maximum atomic E-state index is 9.42. The van der Waals surface area contributed by atoms with Crippen LogP contribution in [0.4, 0.5) is 0 Å². The third kappa shape index (κ3) is 5.52. The number of aliphatic hydroxyl groups is 1. The standard InChI is InChI=1S/C13H22N2OS/c1-4-7-14-8-12-5-6-13(15-9-12)17-11(3)10(2)16/h5-6,9-11,14,16H,4,7-8H2,1-3H3. The first-order valence-electron chi connectivity index (χ1n) is 6.13. The first-order chi connectivity index (χ1) is 8.13. The topological polar surface area (TPSA) is 45.1 Å². The molecule has 1 aromatic heterocycles. The van der Waals surface area contributed by atoms with Crippen molar-refractivity contribution in [3.8, 4) is 0 Å². The van der Waals surface area contributed by atoms with Crippen LogP contribution in [0.1, 0.15) is 32.8 Å². The van der Waals surface area contributed by atoms with Crippen molar-refractivity contribution < 1.29 is 5.11 Å². The van der Waals surface area contributed by atoms with Gasteiger partial charge in [-0.05, 0) is 31.5 Å². The van der Waals surface area contributed by atoms with Gasteiger partial charge in [-0.15, -0.1) is 11.8 Å². The van der Waals surface area contributed by atoms with Crippen molar-refractivity contribution in [1.82, 2.24) is 10.3 Å². The Morgan fingerprint density at radius 3 is 2.71 bits per heavy atom. The Balaban J connectivity index is 2.44. The van der Waals surface area contributed by atoms with E-state index in [2.05, 4.69) is 23.3 Å². The van der Waals surface area contributed by atoms with Crippen LogP contribution >= 0.6 is 11.8 Å².